The summed E-state index contributed by atoms with van der Waals surface area (Å²) in [6.45, 7) is 0.0209. The van der Waals surface area contributed by atoms with Gasteiger partial charge in [-0.2, -0.15) is 0 Å². The topological polar surface area (TPSA) is 96.4 Å². The van der Waals surface area contributed by atoms with Gasteiger partial charge in [0.05, 0.1) is 12.1 Å². The monoisotopic (exact) mass is 448 g/mol. The Morgan fingerprint density at radius 3 is 2.63 bits per heavy atom. The van der Waals surface area contributed by atoms with E-state index in [9.17, 15) is 19.5 Å². The van der Waals surface area contributed by atoms with Gasteiger partial charge in [-0.15, -0.1) is 11.8 Å². The maximum atomic E-state index is 13.3. The van der Waals surface area contributed by atoms with E-state index in [-0.39, 0.29) is 13.3 Å². The molecule has 30 heavy (non-hydrogen) atoms. The zero-order valence-electron chi connectivity index (χ0n) is 15.8. The van der Waals surface area contributed by atoms with Crippen LogP contribution in [0.2, 0.25) is 5.02 Å². The smallest absolute Gasteiger partial charge is 0.332 e. The van der Waals surface area contributed by atoms with Gasteiger partial charge in [-0.25, -0.2) is 9.69 Å². The van der Waals surface area contributed by atoms with Crippen molar-refractivity contribution in [2.45, 2.75) is 23.9 Å². The molecule has 1 atom stereocenters. The van der Waals surface area contributed by atoms with Gasteiger partial charge < -0.3 is 19.5 Å². The van der Waals surface area contributed by atoms with Crippen LogP contribution in [0.1, 0.15) is 12.0 Å². The zero-order valence-corrected chi connectivity index (χ0v) is 17.4. The van der Waals surface area contributed by atoms with Crippen LogP contribution in [0.5, 0.6) is 11.5 Å². The third kappa shape index (κ3) is 3.54. The normalized spacial score (nSPS) is 17.7. The molecule has 10 heteroatoms. The number of rotatable bonds is 6. The van der Waals surface area contributed by atoms with Gasteiger partial charge in [0.15, 0.2) is 11.5 Å². The van der Waals surface area contributed by atoms with Crippen molar-refractivity contribution >= 4 is 47.0 Å². The average molecular weight is 449 g/mol. The molecule has 4 rings (SSSR count). The molecule has 2 aromatic rings. The number of halogens is 1. The second-order valence-electron chi connectivity index (χ2n) is 6.67. The maximum Gasteiger partial charge on any atom is 0.332 e. The number of imide groups is 1. The van der Waals surface area contributed by atoms with Crippen LogP contribution in [0.25, 0.3) is 0 Å². The van der Waals surface area contributed by atoms with Gasteiger partial charge in [0, 0.05) is 22.5 Å². The Bertz CT molecular complexity index is 1050. The van der Waals surface area contributed by atoms with Crippen molar-refractivity contribution in [3.05, 3.63) is 47.0 Å². The van der Waals surface area contributed by atoms with E-state index in [4.69, 9.17) is 21.1 Å². The Balaban J connectivity index is 1.71. The Kier molecular flexibility index (Phi) is 5.48. The van der Waals surface area contributed by atoms with Crippen LogP contribution in [0.3, 0.4) is 0 Å². The molecule has 1 N–H and O–H groups in total. The summed E-state index contributed by atoms with van der Waals surface area (Å²) < 4.78 is 10.6. The number of amides is 3. The molecule has 8 nitrogen and oxygen atoms in total. The third-order valence-electron chi connectivity index (χ3n) is 4.90. The van der Waals surface area contributed by atoms with Crippen molar-refractivity contribution in [3.8, 4) is 11.5 Å². The van der Waals surface area contributed by atoms with Crippen molar-refractivity contribution in [2.75, 3.05) is 17.9 Å². The number of hydrogen-bond acceptors (Lipinski definition) is 6. The standard InChI is InChI=1S/C20H17ClN2O6S/c1-30-17-5-3-2-4-13(17)23-19(26)14(8-18(24)25)22(20(23)27)9-11-6-15-16(7-12(11)21)29-10-28-15/h2-7,14H,8-10H2,1H3,(H,24,25)/t14-/m0/s1. The first-order valence-electron chi connectivity index (χ1n) is 8.98. The maximum absolute atomic E-state index is 13.3. The first-order chi connectivity index (χ1) is 14.4. The number of thioether (sulfide) groups is 1. The SMILES string of the molecule is CSc1ccccc1N1C(=O)[C@H](CC(=O)O)N(Cc2cc3c(cc2Cl)OCO3)C1=O. The van der Waals surface area contributed by atoms with E-state index in [1.807, 2.05) is 6.26 Å². The highest BCUT2D eigenvalue weighted by Crippen LogP contribution is 2.39. The molecule has 156 valence electrons. The predicted molar refractivity (Wildman–Crippen MR) is 110 cm³/mol. The summed E-state index contributed by atoms with van der Waals surface area (Å²) in [5.74, 6) is -0.791. The number of fused-ring (bicyclic) bond motifs is 1. The summed E-state index contributed by atoms with van der Waals surface area (Å²) in [6.07, 6.45) is 1.33. The molecule has 2 aromatic carbocycles. The molecule has 0 spiro atoms. The molecule has 0 bridgehead atoms. The molecular formula is C20H17ClN2O6S. The molecule has 1 fully saturated rings. The highest BCUT2D eigenvalue weighted by atomic mass is 35.5. The van der Waals surface area contributed by atoms with Crippen molar-refractivity contribution in [2.24, 2.45) is 0 Å². The number of carboxylic acids is 1. The number of carboxylic acid groups (broad SMARTS) is 1. The van der Waals surface area contributed by atoms with Crippen LogP contribution in [-0.2, 0) is 16.1 Å². The van der Waals surface area contributed by atoms with E-state index in [2.05, 4.69) is 0 Å². The number of ether oxygens (including phenoxy) is 2. The van der Waals surface area contributed by atoms with Crippen molar-refractivity contribution in [1.82, 2.24) is 4.90 Å². The van der Waals surface area contributed by atoms with E-state index in [0.29, 0.717) is 27.8 Å². The third-order valence-corrected chi connectivity index (χ3v) is 6.03. The second-order valence-corrected chi connectivity index (χ2v) is 7.92. The average Bonchev–Trinajstić information content (AvgIpc) is 3.25. The first-order valence-corrected chi connectivity index (χ1v) is 10.6. The van der Waals surface area contributed by atoms with E-state index < -0.39 is 30.4 Å². The molecule has 1 saturated heterocycles. The lowest BCUT2D eigenvalue weighted by Gasteiger charge is -2.22. The highest BCUT2D eigenvalue weighted by molar-refractivity contribution is 7.98. The van der Waals surface area contributed by atoms with Gasteiger partial charge in [-0.3, -0.25) is 9.59 Å². The Hall–Kier alpha value is -2.91. The van der Waals surface area contributed by atoms with Crippen molar-refractivity contribution in [1.29, 1.82) is 0 Å². The number of anilines is 1. The van der Waals surface area contributed by atoms with Crippen LogP contribution in [-0.4, -0.2) is 47.0 Å². The molecule has 2 heterocycles. The van der Waals surface area contributed by atoms with Crippen LogP contribution in [0.4, 0.5) is 10.5 Å². The van der Waals surface area contributed by atoms with Gasteiger partial charge >= 0.3 is 12.0 Å². The predicted octanol–water partition coefficient (Wildman–Crippen LogP) is 3.60. The lowest BCUT2D eigenvalue weighted by molar-refractivity contribution is -0.140. The molecule has 3 amide bonds. The fraction of sp³-hybridized carbons (Fsp3) is 0.250. The fourth-order valence-electron chi connectivity index (χ4n) is 3.48. The number of carbonyl (C=O) groups is 3. The number of aliphatic carboxylic acids is 1. The summed E-state index contributed by atoms with van der Waals surface area (Å²) in [4.78, 5) is 40.8. The number of para-hydroxylation sites is 1. The quantitative estimate of drug-likeness (QED) is 0.532. The molecule has 0 saturated carbocycles. The first kappa shape index (κ1) is 20.4. The number of urea groups is 1. The Morgan fingerprint density at radius 2 is 1.93 bits per heavy atom. The number of hydrogen-bond donors (Lipinski definition) is 1. The minimum absolute atomic E-state index is 0.0457. The molecular weight excluding hydrogens is 432 g/mol. The van der Waals surface area contributed by atoms with Gasteiger partial charge in [-0.05, 0) is 30.0 Å². The largest absolute Gasteiger partial charge is 0.481 e. The minimum Gasteiger partial charge on any atom is -0.481 e. The van der Waals surface area contributed by atoms with E-state index in [1.165, 1.54) is 16.7 Å². The van der Waals surface area contributed by atoms with Gasteiger partial charge in [0.25, 0.3) is 5.91 Å². The molecule has 0 aliphatic carbocycles. The van der Waals surface area contributed by atoms with Crippen LogP contribution in [0, 0.1) is 0 Å². The highest BCUT2D eigenvalue weighted by Gasteiger charge is 2.47. The molecule has 2 aliphatic rings. The molecule has 0 radical (unpaired) electrons. The van der Waals surface area contributed by atoms with E-state index in [1.54, 1.807) is 36.4 Å². The van der Waals surface area contributed by atoms with Crippen LogP contribution in [0.15, 0.2) is 41.3 Å². The number of carbonyl (C=O) groups excluding carboxylic acids is 2. The minimum atomic E-state index is -1.18. The molecule has 2 aliphatic heterocycles. The van der Waals surface area contributed by atoms with Gasteiger partial charge in [-0.1, -0.05) is 23.7 Å². The van der Waals surface area contributed by atoms with Gasteiger partial charge in [0.1, 0.15) is 6.04 Å². The molecule has 0 unspecified atom stereocenters. The lowest BCUT2D eigenvalue weighted by Crippen LogP contribution is -2.36. The summed E-state index contributed by atoms with van der Waals surface area (Å²) in [7, 11) is 0. The summed E-state index contributed by atoms with van der Waals surface area (Å²) in [5, 5.41) is 9.66. The van der Waals surface area contributed by atoms with Gasteiger partial charge in [0.2, 0.25) is 6.79 Å². The van der Waals surface area contributed by atoms with Crippen molar-refractivity contribution < 1.29 is 29.0 Å². The number of nitrogens with zero attached hydrogens (tertiary/aromatic N) is 2. The van der Waals surface area contributed by atoms with Crippen LogP contribution < -0.4 is 14.4 Å². The van der Waals surface area contributed by atoms with Crippen LogP contribution >= 0.6 is 23.4 Å². The summed E-state index contributed by atoms with van der Waals surface area (Å²) in [6, 6.07) is 8.46. The second kappa shape index (κ2) is 8.08. The van der Waals surface area contributed by atoms with Crippen molar-refractivity contribution in [3.63, 3.8) is 0 Å². The lowest BCUT2D eigenvalue weighted by atomic mass is 10.1. The Morgan fingerprint density at radius 1 is 1.23 bits per heavy atom. The Labute approximate surface area is 181 Å². The zero-order chi connectivity index (χ0) is 21.4. The molecule has 0 aromatic heterocycles. The number of benzene rings is 2. The summed E-state index contributed by atoms with van der Waals surface area (Å²) in [5.41, 5.74) is 0.951. The summed E-state index contributed by atoms with van der Waals surface area (Å²) >= 11 is 7.72. The fourth-order valence-corrected chi connectivity index (χ4v) is 4.28. The van der Waals surface area contributed by atoms with E-state index >= 15 is 0 Å². The van der Waals surface area contributed by atoms with E-state index in [0.717, 1.165) is 9.80 Å².